The average Bonchev–Trinajstić information content (AvgIpc) is 2.52. The molecule has 0 atom stereocenters. The number of methoxy groups -OCH3 is 2. The summed E-state index contributed by atoms with van der Waals surface area (Å²) < 4.78 is 10.4. The van der Waals surface area contributed by atoms with Crippen LogP contribution in [0.25, 0.3) is 6.08 Å². The Labute approximate surface area is 124 Å². The quantitative estimate of drug-likeness (QED) is 0.616. The zero-order valence-electron chi connectivity index (χ0n) is 12.4. The molecule has 0 aromatic heterocycles. The zero-order chi connectivity index (χ0) is 15.2. The second-order valence-corrected chi connectivity index (χ2v) is 4.62. The number of para-hydroxylation sites is 1. The van der Waals surface area contributed by atoms with E-state index in [0.717, 1.165) is 22.6 Å². The molecular formula is C18H18O3. The third-order valence-electron chi connectivity index (χ3n) is 3.23. The smallest absolute Gasteiger partial charge is 0.185 e. The van der Waals surface area contributed by atoms with Gasteiger partial charge in [-0.05, 0) is 48.9 Å². The molecule has 0 saturated carbocycles. The molecule has 0 aliphatic heterocycles. The van der Waals surface area contributed by atoms with Gasteiger partial charge in [-0.15, -0.1) is 0 Å². The molecule has 2 aromatic rings. The molecule has 0 N–H and O–H groups in total. The summed E-state index contributed by atoms with van der Waals surface area (Å²) in [7, 11) is 3.23. The van der Waals surface area contributed by atoms with E-state index in [4.69, 9.17) is 9.47 Å². The Hall–Kier alpha value is -2.55. The van der Waals surface area contributed by atoms with E-state index < -0.39 is 0 Å². The summed E-state index contributed by atoms with van der Waals surface area (Å²) in [5.74, 6) is 1.47. The van der Waals surface area contributed by atoms with Gasteiger partial charge in [-0.2, -0.15) is 0 Å². The molecule has 0 unspecified atom stereocenters. The summed E-state index contributed by atoms with van der Waals surface area (Å²) in [6, 6.07) is 13.0. The largest absolute Gasteiger partial charge is 0.496 e. The highest BCUT2D eigenvalue weighted by molar-refractivity contribution is 6.07. The van der Waals surface area contributed by atoms with Crippen LogP contribution in [0.15, 0.2) is 48.5 Å². The van der Waals surface area contributed by atoms with Gasteiger partial charge in [0.1, 0.15) is 11.5 Å². The third kappa shape index (κ3) is 3.51. The van der Waals surface area contributed by atoms with E-state index in [0.29, 0.717) is 5.56 Å². The van der Waals surface area contributed by atoms with E-state index in [9.17, 15) is 4.79 Å². The molecule has 0 fully saturated rings. The number of rotatable bonds is 5. The monoisotopic (exact) mass is 282 g/mol. The highest BCUT2D eigenvalue weighted by Crippen LogP contribution is 2.21. The summed E-state index contributed by atoms with van der Waals surface area (Å²) in [5, 5.41) is 0. The molecule has 0 amide bonds. The first-order valence-electron chi connectivity index (χ1n) is 6.65. The standard InChI is InChI=1S/C18H18O3/c1-13-12-15(9-11-17(13)20-2)16(19)10-8-14-6-4-5-7-18(14)21-3/h4-12H,1-3H3/b10-8+. The number of hydrogen-bond acceptors (Lipinski definition) is 3. The molecule has 0 radical (unpaired) electrons. The van der Waals surface area contributed by atoms with Crippen LogP contribution in [0.3, 0.4) is 0 Å². The second-order valence-electron chi connectivity index (χ2n) is 4.62. The van der Waals surface area contributed by atoms with Crippen molar-refractivity contribution in [1.82, 2.24) is 0 Å². The van der Waals surface area contributed by atoms with Crippen LogP contribution in [0.2, 0.25) is 0 Å². The van der Waals surface area contributed by atoms with Gasteiger partial charge in [-0.25, -0.2) is 0 Å². The molecule has 0 aliphatic rings. The van der Waals surface area contributed by atoms with Gasteiger partial charge >= 0.3 is 0 Å². The van der Waals surface area contributed by atoms with E-state index in [1.54, 1.807) is 38.5 Å². The van der Waals surface area contributed by atoms with Crippen LogP contribution in [0.1, 0.15) is 21.5 Å². The normalized spacial score (nSPS) is 10.6. The van der Waals surface area contributed by atoms with Crippen LogP contribution in [0.5, 0.6) is 11.5 Å². The number of hydrogen-bond donors (Lipinski definition) is 0. The van der Waals surface area contributed by atoms with Crippen molar-refractivity contribution in [1.29, 1.82) is 0 Å². The minimum Gasteiger partial charge on any atom is -0.496 e. The van der Waals surface area contributed by atoms with Crippen molar-refractivity contribution in [2.24, 2.45) is 0 Å². The van der Waals surface area contributed by atoms with E-state index in [1.807, 2.05) is 37.3 Å². The lowest BCUT2D eigenvalue weighted by Gasteiger charge is -2.05. The summed E-state index contributed by atoms with van der Waals surface area (Å²) in [6.07, 6.45) is 3.32. The molecule has 21 heavy (non-hydrogen) atoms. The molecule has 3 heteroatoms. The maximum absolute atomic E-state index is 12.2. The van der Waals surface area contributed by atoms with Crippen LogP contribution >= 0.6 is 0 Å². The first-order valence-corrected chi connectivity index (χ1v) is 6.65. The summed E-state index contributed by atoms with van der Waals surface area (Å²) in [6.45, 7) is 1.92. The van der Waals surface area contributed by atoms with Crippen LogP contribution in [0, 0.1) is 6.92 Å². The number of aryl methyl sites for hydroxylation is 1. The van der Waals surface area contributed by atoms with Crippen LogP contribution in [0.4, 0.5) is 0 Å². The number of ketones is 1. The van der Waals surface area contributed by atoms with Crippen molar-refractivity contribution in [2.45, 2.75) is 6.92 Å². The van der Waals surface area contributed by atoms with Gasteiger partial charge in [-0.1, -0.05) is 18.2 Å². The molecule has 108 valence electrons. The molecule has 0 bridgehead atoms. The number of carbonyl (C=O) groups is 1. The van der Waals surface area contributed by atoms with Crippen molar-refractivity contribution in [3.63, 3.8) is 0 Å². The molecular weight excluding hydrogens is 264 g/mol. The van der Waals surface area contributed by atoms with Gasteiger partial charge in [0.05, 0.1) is 14.2 Å². The molecule has 0 heterocycles. The minimum absolute atomic E-state index is 0.0494. The predicted octanol–water partition coefficient (Wildman–Crippen LogP) is 3.91. The van der Waals surface area contributed by atoms with Crippen molar-refractivity contribution in [3.8, 4) is 11.5 Å². The lowest BCUT2D eigenvalue weighted by molar-refractivity contribution is 0.104. The molecule has 2 aromatic carbocycles. The van der Waals surface area contributed by atoms with E-state index in [2.05, 4.69) is 0 Å². The average molecular weight is 282 g/mol. The Balaban J connectivity index is 2.21. The number of ether oxygens (including phenoxy) is 2. The van der Waals surface area contributed by atoms with Crippen LogP contribution in [-0.4, -0.2) is 20.0 Å². The zero-order valence-corrected chi connectivity index (χ0v) is 12.4. The Morgan fingerprint density at radius 3 is 2.38 bits per heavy atom. The summed E-state index contributed by atoms with van der Waals surface area (Å²) >= 11 is 0. The van der Waals surface area contributed by atoms with Crippen molar-refractivity contribution >= 4 is 11.9 Å². The van der Waals surface area contributed by atoms with Crippen molar-refractivity contribution < 1.29 is 14.3 Å². The SMILES string of the molecule is COc1ccc(C(=O)/C=C/c2ccccc2OC)cc1C. The maximum atomic E-state index is 12.2. The van der Waals surface area contributed by atoms with E-state index in [1.165, 1.54) is 0 Å². The Morgan fingerprint density at radius 2 is 1.71 bits per heavy atom. The molecule has 0 spiro atoms. The number of carbonyl (C=O) groups excluding carboxylic acids is 1. The number of allylic oxidation sites excluding steroid dienone is 1. The fourth-order valence-electron chi connectivity index (χ4n) is 2.10. The molecule has 0 aliphatic carbocycles. The highest BCUT2D eigenvalue weighted by atomic mass is 16.5. The minimum atomic E-state index is -0.0494. The predicted molar refractivity (Wildman–Crippen MR) is 84.1 cm³/mol. The highest BCUT2D eigenvalue weighted by Gasteiger charge is 2.06. The lowest BCUT2D eigenvalue weighted by atomic mass is 10.1. The van der Waals surface area contributed by atoms with Crippen molar-refractivity contribution in [2.75, 3.05) is 14.2 Å². The topological polar surface area (TPSA) is 35.5 Å². The Morgan fingerprint density at radius 1 is 1.00 bits per heavy atom. The van der Waals surface area contributed by atoms with Gasteiger partial charge in [0.15, 0.2) is 5.78 Å². The van der Waals surface area contributed by atoms with Crippen molar-refractivity contribution in [3.05, 3.63) is 65.2 Å². The third-order valence-corrected chi connectivity index (χ3v) is 3.23. The van der Waals surface area contributed by atoms with E-state index >= 15 is 0 Å². The molecule has 0 saturated heterocycles. The van der Waals surface area contributed by atoms with Gasteiger partial charge in [0.2, 0.25) is 0 Å². The number of benzene rings is 2. The molecule has 2 rings (SSSR count). The van der Waals surface area contributed by atoms with Gasteiger partial charge < -0.3 is 9.47 Å². The Kier molecular flexibility index (Phi) is 4.77. The lowest BCUT2D eigenvalue weighted by Crippen LogP contribution is -1.96. The summed E-state index contributed by atoms with van der Waals surface area (Å²) in [4.78, 5) is 12.2. The first kappa shape index (κ1) is 14.9. The Bertz CT molecular complexity index is 672. The van der Waals surface area contributed by atoms with Gasteiger partial charge in [0.25, 0.3) is 0 Å². The maximum Gasteiger partial charge on any atom is 0.185 e. The molecule has 3 nitrogen and oxygen atoms in total. The van der Waals surface area contributed by atoms with Gasteiger partial charge in [0, 0.05) is 11.1 Å². The van der Waals surface area contributed by atoms with E-state index in [-0.39, 0.29) is 5.78 Å². The van der Waals surface area contributed by atoms with Crippen LogP contribution < -0.4 is 9.47 Å². The summed E-state index contributed by atoms with van der Waals surface area (Å²) in [5.41, 5.74) is 2.45. The van der Waals surface area contributed by atoms with Gasteiger partial charge in [-0.3, -0.25) is 4.79 Å². The fourth-order valence-corrected chi connectivity index (χ4v) is 2.10. The second kappa shape index (κ2) is 6.75. The first-order chi connectivity index (χ1) is 10.2. The fraction of sp³-hybridized carbons (Fsp3) is 0.167. The van der Waals surface area contributed by atoms with Crippen LogP contribution in [-0.2, 0) is 0 Å².